The smallest absolute Gasteiger partial charge is 0.293 e. The molecule has 0 saturated heterocycles. The van der Waals surface area contributed by atoms with Gasteiger partial charge in [0.25, 0.3) is 5.56 Å². The summed E-state index contributed by atoms with van der Waals surface area (Å²) in [5, 5.41) is 13.6. The fraction of sp³-hybridized carbons (Fsp3) is 0.0833. The molecule has 0 aliphatic heterocycles. The maximum Gasteiger partial charge on any atom is 0.293 e. The van der Waals surface area contributed by atoms with Crippen LogP contribution in [-0.2, 0) is 11.3 Å². The predicted octanol–water partition coefficient (Wildman–Crippen LogP) is 3.66. The largest absolute Gasteiger partial charge is 0.324 e. The van der Waals surface area contributed by atoms with Gasteiger partial charge in [0, 0.05) is 11.3 Å². The van der Waals surface area contributed by atoms with Crippen LogP contribution >= 0.6 is 0 Å². The Balaban J connectivity index is 1.48. The highest BCUT2D eigenvalue weighted by Gasteiger charge is 2.14. The van der Waals surface area contributed by atoms with E-state index in [0.717, 1.165) is 26.6 Å². The molecule has 0 radical (unpaired) electrons. The molecule has 2 aromatic heterocycles. The van der Waals surface area contributed by atoms with Gasteiger partial charge >= 0.3 is 0 Å². The topological polar surface area (TPSA) is 81.3 Å². The van der Waals surface area contributed by atoms with Crippen molar-refractivity contribution in [2.24, 2.45) is 0 Å². The maximum absolute atomic E-state index is 12.9. The molecule has 0 bridgehead atoms. The lowest BCUT2D eigenvalue weighted by atomic mass is 10.0. The van der Waals surface area contributed by atoms with Gasteiger partial charge in [0.2, 0.25) is 5.91 Å². The van der Waals surface area contributed by atoms with Crippen molar-refractivity contribution in [2.45, 2.75) is 13.5 Å². The van der Waals surface area contributed by atoms with E-state index >= 15 is 0 Å². The van der Waals surface area contributed by atoms with Gasteiger partial charge in [-0.05, 0) is 41.5 Å². The minimum atomic E-state index is -0.374. The number of carbonyl (C=O) groups is 1. The number of aryl methyl sites for hydroxylation is 1. The van der Waals surface area contributed by atoms with Gasteiger partial charge in [0.1, 0.15) is 18.4 Å². The van der Waals surface area contributed by atoms with Crippen LogP contribution < -0.4 is 10.9 Å². The van der Waals surface area contributed by atoms with E-state index in [9.17, 15) is 9.59 Å². The molecule has 0 fully saturated rings. The second kappa shape index (κ2) is 7.53. The van der Waals surface area contributed by atoms with Crippen LogP contribution in [-0.4, -0.2) is 25.3 Å². The Labute approximate surface area is 177 Å². The number of anilines is 1. The minimum absolute atomic E-state index is 0.182. The summed E-state index contributed by atoms with van der Waals surface area (Å²) in [6, 6.07) is 23.2. The molecule has 3 aromatic carbocycles. The Bertz CT molecular complexity index is 1490. The lowest BCUT2D eigenvalue weighted by molar-refractivity contribution is -0.117. The fourth-order valence-electron chi connectivity index (χ4n) is 3.69. The van der Waals surface area contributed by atoms with Crippen molar-refractivity contribution in [1.29, 1.82) is 0 Å². The number of rotatable bonds is 4. The fourth-order valence-corrected chi connectivity index (χ4v) is 3.69. The van der Waals surface area contributed by atoms with Crippen LogP contribution in [0, 0.1) is 6.92 Å². The molecule has 1 N–H and O–H groups in total. The first kappa shape index (κ1) is 18.7. The van der Waals surface area contributed by atoms with Crippen LogP contribution in [0.5, 0.6) is 0 Å². The van der Waals surface area contributed by atoms with E-state index in [1.807, 2.05) is 67.6 Å². The Morgan fingerprint density at radius 3 is 2.68 bits per heavy atom. The second-order valence-electron chi connectivity index (χ2n) is 7.40. The molecule has 5 rings (SSSR count). The van der Waals surface area contributed by atoms with E-state index in [2.05, 4.69) is 15.5 Å². The number of aromatic nitrogens is 4. The van der Waals surface area contributed by atoms with Crippen molar-refractivity contribution in [3.63, 3.8) is 0 Å². The lowest BCUT2D eigenvalue weighted by Crippen LogP contribution is -2.30. The Morgan fingerprint density at radius 1 is 1.00 bits per heavy atom. The predicted molar refractivity (Wildman–Crippen MR) is 120 cm³/mol. The molecule has 31 heavy (non-hydrogen) atoms. The van der Waals surface area contributed by atoms with Crippen molar-refractivity contribution >= 4 is 27.9 Å². The zero-order chi connectivity index (χ0) is 21.4. The van der Waals surface area contributed by atoms with E-state index in [-0.39, 0.29) is 18.0 Å². The molecule has 2 heterocycles. The van der Waals surface area contributed by atoms with Crippen molar-refractivity contribution in [3.8, 4) is 11.3 Å². The second-order valence-corrected chi connectivity index (χ2v) is 7.40. The summed E-state index contributed by atoms with van der Waals surface area (Å²) in [5.74, 6) is -0.321. The number of fused-ring (bicyclic) bond motifs is 2. The monoisotopic (exact) mass is 409 g/mol. The lowest BCUT2D eigenvalue weighted by Gasteiger charge is -2.07. The Hall–Kier alpha value is -4.26. The van der Waals surface area contributed by atoms with Gasteiger partial charge in [-0.2, -0.15) is 10.2 Å². The van der Waals surface area contributed by atoms with Crippen LogP contribution in [0.15, 0.2) is 83.9 Å². The first-order valence-corrected chi connectivity index (χ1v) is 9.89. The Morgan fingerprint density at radius 2 is 1.81 bits per heavy atom. The third kappa shape index (κ3) is 3.57. The zero-order valence-corrected chi connectivity index (χ0v) is 16.8. The molecule has 152 valence electrons. The highest BCUT2D eigenvalue weighted by molar-refractivity contribution is 5.96. The summed E-state index contributed by atoms with van der Waals surface area (Å²) >= 11 is 0. The number of hydrogen-bond donors (Lipinski definition) is 1. The van der Waals surface area contributed by atoms with Crippen LogP contribution in [0.3, 0.4) is 0 Å². The molecule has 1 amide bonds. The molecule has 0 saturated carbocycles. The number of nitrogens with zero attached hydrogens (tertiary/aromatic N) is 4. The molecule has 0 spiro atoms. The molecular weight excluding hydrogens is 390 g/mol. The summed E-state index contributed by atoms with van der Waals surface area (Å²) in [6.07, 6.45) is 1.45. The quantitative estimate of drug-likeness (QED) is 0.491. The van der Waals surface area contributed by atoms with E-state index in [1.54, 1.807) is 12.1 Å². The van der Waals surface area contributed by atoms with E-state index in [1.165, 1.54) is 10.8 Å². The normalized spacial score (nSPS) is 11.1. The van der Waals surface area contributed by atoms with Gasteiger partial charge in [-0.15, -0.1) is 0 Å². The Kier molecular flexibility index (Phi) is 4.55. The summed E-state index contributed by atoms with van der Waals surface area (Å²) in [7, 11) is 0. The van der Waals surface area contributed by atoms with E-state index in [0.29, 0.717) is 16.9 Å². The van der Waals surface area contributed by atoms with Gasteiger partial charge in [0.05, 0.1) is 5.69 Å². The molecule has 0 unspecified atom stereocenters. The zero-order valence-electron chi connectivity index (χ0n) is 16.8. The average molecular weight is 409 g/mol. The molecular formula is C24H19N5O2. The van der Waals surface area contributed by atoms with Gasteiger partial charge < -0.3 is 5.32 Å². The standard InChI is InChI=1S/C24H19N5O2/c1-16-6-4-9-18(12-16)26-23(30)14-28-24(31)22-13-21(27-29(22)15-25-28)20-11-5-8-17-7-2-3-10-19(17)20/h2-13,15H,14H2,1H3,(H,26,30). The number of nitrogens with one attached hydrogen (secondary N) is 1. The van der Waals surface area contributed by atoms with E-state index < -0.39 is 0 Å². The summed E-state index contributed by atoms with van der Waals surface area (Å²) in [4.78, 5) is 25.4. The van der Waals surface area contributed by atoms with Gasteiger partial charge in [-0.3, -0.25) is 9.59 Å². The van der Waals surface area contributed by atoms with Crippen molar-refractivity contribution in [3.05, 3.63) is 95.0 Å². The highest BCUT2D eigenvalue weighted by atomic mass is 16.2. The maximum atomic E-state index is 12.9. The first-order chi connectivity index (χ1) is 15.1. The number of hydrogen-bond acceptors (Lipinski definition) is 4. The SMILES string of the molecule is Cc1cccc(NC(=O)Cn2ncn3nc(-c4cccc5ccccc45)cc3c2=O)c1. The van der Waals surface area contributed by atoms with Crippen LogP contribution in [0.25, 0.3) is 27.5 Å². The molecule has 7 nitrogen and oxygen atoms in total. The summed E-state index contributed by atoms with van der Waals surface area (Å²) < 4.78 is 2.60. The van der Waals surface area contributed by atoms with Crippen LogP contribution in [0.1, 0.15) is 5.56 Å². The van der Waals surface area contributed by atoms with Crippen LogP contribution in [0.4, 0.5) is 5.69 Å². The third-order valence-corrected chi connectivity index (χ3v) is 5.15. The molecule has 5 aromatic rings. The molecule has 7 heteroatoms. The molecule has 0 aliphatic carbocycles. The van der Waals surface area contributed by atoms with Gasteiger partial charge in [0.15, 0.2) is 0 Å². The highest BCUT2D eigenvalue weighted by Crippen LogP contribution is 2.27. The van der Waals surface area contributed by atoms with Crippen molar-refractivity contribution in [1.82, 2.24) is 19.4 Å². The van der Waals surface area contributed by atoms with Crippen LogP contribution in [0.2, 0.25) is 0 Å². The molecule has 0 atom stereocenters. The van der Waals surface area contributed by atoms with Crippen molar-refractivity contribution < 1.29 is 4.79 Å². The number of benzene rings is 3. The van der Waals surface area contributed by atoms with Gasteiger partial charge in [-0.1, -0.05) is 54.6 Å². The molecule has 0 aliphatic rings. The summed E-state index contributed by atoms with van der Waals surface area (Å²) in [6.45, 7) is 1.76. The van der Waals surface area contributed by atoms with Gasteiger partial charge in [-0.25, -0.2) is 9.20 Å². The third-order valence-electron chi connectivity index (χ3n) is 5.15. The minimum Gasteiger partial charge on any atom is -0.324 e. The van der Waals surface area contributed by atoms with E-state index in [4.69, 9.17) is 0 Å². The summed E-state index contributed by atoms with van der Waals surface area (Å²) in [5.41, 5.74) is 3.32. The average Bonchev–Trinajstić information content (AvgIpc) is 3.20. The first-order valence-electron chi connectivity index (χ1n) is 9.89. The number of amides is 1. The number of carbonyl (C=O) groups excluding carboxylic acids is 1. The van der Waals surface area contributed by atoms with Crippen molar-refractivity contribution in [2.75, 3.05) is 5.32 Å².